The van der Waals surface area contributed by atoms with Crippen molar-refractivity contribution >= 4 is 10.9 Å². The van der Waals surface area contributed by atoms with E-state index in [1.54, 1.807) is 0 Å². The molecule has 0 atom stereocenters. The molecule has 0 aliphatic carbocycles. The van der Waals surface area contributed by atoms with E-state index in [1.165, 1.54) is 38.7 Å². The van der Waals surface area contributed by atoms with Crippen LogP contribution in [0.4, 0.5) is 0 Å². The Hall–Kier alpha value is -2.06. The minimum absolute atomic E-state index is 0.940. The normalized spacial score (nSPS) is 11.2. The molecule has 0 aliphatic heterocycles. The van der Waals surface area contributed by atoms with Crippen LogP contribution in [0.3, 0.4) is 0 Å². The van der Waals surface area contributed by atoms with Crippen LogP contribution in [-0.4, -0.2) is 11.5 Å². The topological polar surface area (TPSA) is 27.8 Å². The molecule has 0 saturated heterocycles. The summed E-state index contributed by atoms with van der Waals surface area (Å²) in [6.07, 6.45) is 3.18. The van der Waals surface area contributed by atoms with E-state index < -0.39 is 0 Å². The largest absolute Gasteiger partial charge is 0.361 e. The van der Waals surface area contributed by atoms with Gasteiger partial charge in [0.1, 0.15) is 0 Å². The lowest BCUT2D eigenvalue weighted by Crippen LogP contribution is -2.17. The zero-order valence-electron chi connectivity index (χ0n) is 13.7. The Morgan fingerprint density at radius 1 is 0.909 bits per heavy atom. The fraction of sp³-hybridized carbons (Fsp3) is 0.300. The standard InChI is InChI=1S/C20H24N2/c1-14-10-16(3)18(11-15(14)2)12-21-9-8-17-13-22-20-7-5-4-6-19(17)20/h4-7,10-11,13,21-22H,8-9,12H2,1-3H3. The molecular formula is C20H24N2. The van der Waals surface area contributed by atoms with Gasteiger partial charge in [0.2, 0.25) is 0 Å². The molecule has 0 unspecified atom stereocenters. The molecule has 0 amide bonds. The molecule has 0 fully saturated rings. The second kappa shape index (κ2) is 6.37. The summed E-state index contributed by atoms with van der Waals surface area (Å²) in [5.74, 6) is 0. The Bertz CT molecular complexity index is 784. The molecule has 1 heterocycles. The van der Waals surface area contributed by atoms with Gasteiger partial charge >= 0.3 is 0 Å². The fourth-order valence-electron chi connectivity index (χ4n) is 3.00. The molecule has 2 N–H and O–H groups in total. The number of aryl methyl sites for hydroxylation is 3. The Kier molecular flexibility index (Phi) is 4.30. The zero-order chi connectivity index (χ0) is 15.5. The Labute approximate surface area is 132 Å². The number of rotatable bonds is 5. The molecule has 0 spiro atoms. The predicted molar refractivity (Wildman–Crippen MR) is 94.4 cm³/mol. The summed E-state index contributed by atoms with van der Waals surface area (Å²) in [5.41, 5.74) is 8.14. The predicted octanol–water partition coefficient (Wildman–Crippen LogP) is 4.43. The minimum atomic E-state index is 0.940. The van der Waals surface area contributed by atoms with Crippen LogP contribution in [0.1, 0.15) is 27.8 Å². The van der Waals surface area contributed by atoms with Gasteiger partial charge in [-0.25, -0.2) is 0 Å². The van der Waals surface area contributed by atoms with Crippen LogP contribution in [0.15, 0.2) is 42.6 Å². The second-order valence-electron chi connectivity index (χ2n) is 6.15. The number of para-hydroxylation sites is 1. The SMILES string of the molecule is Cc1cc(C)c(CNCCc2c[nH]c3ccccc23)cc1C. The second-order valence-corrected chi connectivity index (χ2v) is 6.15. The fourth-order valence-corrected chi connectivity index (χ4v) is 3.00. The molecule has 2 nitrogen and oxygen atoms in total. The molecule has 1 aromatic heterocycles. The maximum atomic E-state index is 3.58. The number of aromatic amines is 1. The molecule has 3 rings (SSSR count). The van der Waals surface area contributed by atoms with E-state index in [0.29, 0.717) is 0 Å². The quantitative estimate of drug-likeness (QED) is 0.669. The van der Waals surface area contributed by atoms with Gasteiger partial charge in [0.05, 0.1) is 0 Å². The van der Waals surface area contributed by atoms with E-state index in [1.807, 2.05) is 0 Å². The third-order valence-corrected chi connectivity index (χ3v) is 4.51. The lowest BCUT2D eigenvalue weighted by Gasteiger charge is -2.11. The summed E-state index contributed by atoms with van der Waals surface area (Å²) >= 11 is 0. The van der Waals surface area contributed by atoms with Crippen LogP contribution in [-0.2, 0) is 13.0 Å². The highest BCUT2D eigenvalue weighted by molar-refractivity contribution is 5.83. The van der Waals surface area contributed by atoms with Crippen LogP contribution < -0.4 is 5.32 Å². The van der Waals surface area contributed by atoms with Crippen LogP contribution in [0.5, 0.6) is 0 Å². The first-order chi connectivity index (χ1) is 10.6. The third kappa shape index (κ3) is 3.07. The van der Waals surface area contributed by atoms with Gasteiger partial charge < -0.3 is 10.3 Å². The Balaban J connectivity index is 1.59. The number of hydrogen-bond donors (Lipinski definition) is 2. The Morgan fingerprint density at radius 2 is 1.68 bits per heavy atom. The third-order valence-electron chi connectivity index (χ3n) is 4.51. The minimum Gasteiger partial charge on any atom is -0.361 e. The van der Waals surface area contributed by atoms with Gasteiger partial charge in [-0.2, -0.15) is 0 Å². The summed E-state index contributed by atoms with van der Waals surface area (Å²) < 4.78 is 0. The molecule has 2 heteroatoms. The van der Waals surface area contributed by atoms with E-state index in [4.69, 9.17) is 0 Å². The first kappa shape index (κ1) is 14.9. The number of nitrogens with one attached hydrogen (secondary N) is 2. The van der Waals surface area contributed by atoms with Gasteiger partial charge in [-0.3, -0.25) is 0 Å². The molecule has 22 heavy (non-hydrogen) atoms. The summed E-state index contributed by atoms with van der Waals surface area (Å²) in [4.78, 5) is 3.34. The molecule has 114 valence electrons. The summed E-state index contributed by atoms with van der Waals surface area (Å²) in [7, 11) is 0. The summed E-state index contributed by atoms with van der Waals surface area (Å²) in [6.45, 7) is 8.49. The van der Waals surface area contributed by atoms with E-state index >= 15 is 0 Å². The molecule has 2 aromatic carbocycles. The first-order valence-electron chi connectivity index (χ1n) is 7.97. The number of aromatic nitrogens is 1. The molecule has 0 bridgehead atoms. The van der Waals surface area contributed by atoms with Gasteiger partial charge in [-0.05, 0) is 67.6 Å². The van der Waals surface area contributed by atoms with Crippen molar-refractivity contribution < 1.29 is 0 Å². The van der Waals surface area contributed by atoms with Gasteiger partial charge in [-0.15, -0.1) is 0 Å². The maximum Gasteiger partial charge on any atom is 0.0456 e. The van der Waals surface area contributed by atoms with Crippen molar-refractivity contribution in [3.63, 3.8) is 0 Å². The average Bonchev–Trinajstić information content (AvgIpc) is 2.92. The average molecular weight is 292 g/mol. The number of benzene rings is 2. The molecule has 0 radical (unpaired) electrons. The number of fused-ring (bicyclic) bond motifs is 1. The summed E-state index contributed by atoms with van der Waals surface area (Å²) in [6, 6.07) is 13.1. The van der Waals surface area contributed by atoms with E-state index in [0.717, 1.165) is 19.5 Å². The highest BCUT2D eigenvalue weighted by Gasteiger charge is 2.04. The van der Waals surface area contributed by atoms with E-state index in [-0.39, 0.29) is 0 Å². The number of H-pyrrole nitrogens is 1. The van der Waals surface area contributed by atoms with Crippen molar-refractivity contribution in [3.8, 4) is 0 Å². The van der Waals surface area contributed by atoms with Crippen LogP contribution in [0.2, 0.25) is 0 Å². The van der Waals surface area contributed by atoms with Gasteiger partial charge in [0, 0.05) is 23.6 Å². The van der Waals surface area contributed by atoms with Crippen molar-refractivity contribution in [2.24, 2.45) is 0 Å². The van der Waals surface area contributed by atoms with Crippen LogP contribution in [0, 0.1) is 20.8 Å². The van der Waals surface area contributed by atoms with Gasteiger partial charge in [0.15, 0.2) is 0 Å². The monoisotopic (exact) mass is 292 g/mol. The van der Waals surface area contributed by atoms with Crippen molar-refractivity contribution in [1.82, 2.24) is 10.3 Å². The summed E-state index contributed by atoms with van der Waals surface area (Å²) in [5, 5.41) is 4.92. The van der Waals surface area contributed by atoms with Crippen LogP contribution in [0.25, 0.3) is 10.9 Å². The van der Waals surface area contributed by atoms with Crippen molar-refractivity contribution in [2.75, 3.05) is 6.54 Å². The smallest absolute Gasteiger partial charge is 0.0456 e. The van der Waals surface area contributed by atoms with E-state index in [9.17, 15) is 0 Å². The van der Waals surface area contributed by atoms with Crippen molar-refractivity contribution in [1.29, 1.82) is 0 Å². The van der Waals surface area contributed by atoms with Crippen molar-refractivity contribution in [3.05, 3.63) is 70.4 Å². The van der Waals surface area contributed by atoms with Gasteiger partial charge in [-0.1, -0.05) is 30.3 Å². The van der Waals surface area contributed by atoms with E-state index in [2.05, 4.69) is 73.7 Å². The lowest BCUT2D eigenvalue weighted by atomic mass is 10.0. The molecular weight excluding hydrogens is 268 g/mol. The lowest BCUT2D eigenvalue weighted by molar-refractivity contribution is 0.685. The van der Waals surface area contributed by atoms with Crippen LogP contribution >= 0.6 is 0 Å². The maximum absolute atomic E-state index is 3.58. The molecule has 0 aliphatic rings. The highest BCUT2D eigenvalue weighted by atomic mass is 14.8. The number of hydrogen-bond acceptors (Lipinski definition) is 1. The van der Waals surface area contributed by atoms with Crippen molar-refractivity contribution in [2.45, 2.75) is 33.7 Å². The molecule has 0 saturated carbocycles. The Morgan fingerprint density at radius 3 is 2.55 bits per heavy atom. The first-order valence-corrected chi connectivity index (χ1v) is 7.97. The van der Waals surface area contributed by atoms with Gasteiger partial charge in [0.25, 0.3) is 0 Å². The highest BCUT2D eigenvalue weighted by Crippen LogP contribution is 2.18. The molecule has 3 aromatic rings. The zero-order valence-corrected chi connectivity index (χ0v) is 13.7.